The standard InChI is InChI=1S/C7H11NO5S/c1-5(9)8-4-14(11,12)3-6(8)7(10)13-2/h6H,3-4H2,1-2H3/t6-/m1/s1. The van der Waals surface area contributed by atoms with Crippen LogP contribution in [0.1, 0.15) is 6.92 Å². The summed E-state index contributed by atoms with van der Waals surface area (Å²) in [6.07, 6.45) is 0. The molecule has 1 saturated heterocycles. The second-order valence-corrected chi connectivity index (χ2v) is 5.15. The summed E-state index contributed by atoms with van der Waals surface area (Å²) in [5.41, 5.74) is 0. The van der Waals surface area contributed by atoms with E-state index in [2.05, 4.69) is 4.74 Å². The van der Waals surface area contributed by atoms with E-state index in [-0.39, 0.29) is 5.75 Å². The van der Waals surface area contributed by atoms with E-state index < -0.39 is 33.6 Å². The quantitative estimate of drug-likeness (QED) is 0.517. The summed E-state index contributed by atoms with van der Waals surface area (Å²) in [5.74, 6) is -1.88. The second kappa shape index (κ2) is 3.56. The minimum atomic E-state index is -3.34. The minimum Gasteiger partial charge on any atom is -0.467 e. The Morgan fingerprint density at radius 2 is 2.00 bits per heavy atom. The van der Waals surface area contributed by atoms with Crippen molar-refractivity contribution in [3.63, 3.8) is 0 Å². The molecule has 0 aliphatic carbocycles. The molecule has 14 heavy (non-hydrogen) atoms. The number of nitrogens with zero attached hydrogens (tertiary/aromatic N) is 1. The van der Waals surface area contributed by atoms with Gasteiger partial charge in [-0.15, -0.1) is 0 Å². The lowest BCUT2D eigenvalue weighted by molar-refractivity contribution is -0.149. The minimum absolute atomic E-state index is 0.348. The highest BCUT2D eigenvalue weighted by Gasteiger charge is 2.41. The van der Waals surface area contributed by atoms with E-state index in [1.807, 2.05) is 0 Å². The molecule has 1 atom stereocenters. The molecule has 0 aromatic rings. The third-order valence-corrected chi connectivity index (χ3v) is 3.50. The first kappa shape index (κ1) is 11.0. The number of esters is 1. The summed E-state index contributed by atoms with van der Waals surface area (Å²) in [6, 6.07) is -0.984. The molecule has 0 aromatic carbocycles. The van der Waals surface area contributed by atoms with Crippen LogP contribution in [0, 0.1) is 0 Å². The molecule has 0 saturated carbocycles. The van der Waals surface area contributed by atoms with Gasteiger partial charge in [0.2, 0.25) is 5.91 Å². The van der Waals surface area contributed by atoms with E-state index in [9.17, 15) is 18.0 Å². The van der Waals surface area contributed by atoms with Crippen LogP contribution in [0.2, 0.25) is 0 Å². The Hall–Kier alpha value is -1.11. The van der Waals surface area contributed by atoms with Gasteiger partial charge in [0.05, 0.1) is 12.9 Å². The Bertz CT molecular complexity index is 360. The van der Waals surface area contributed by atoms with Gasteiger partial charge >= 0.3 is 5.97 Å². The van der Waals surface area contributed by atoms with Crippen LogP contribution in [0.15, 0.2) is 0 Å². The van der Waals surface area contributed by atoms with Crippen LogP contribution in [0.4, 0.5) is 0 Å². The van der Waals surface area contributed by atoms with Gasteiger partial charge in [0.25, 0.3) is 0 Å². The molecule has 1 rings (SSSR count). The van der Waals surface area contributed by atoms with Gasteiger partial charge in [-0.1, -0.05) is 0 Å². The topological polar surface area (TPSA) is 80.8 Å². The molecule has 1 fully saturated rings. The smallest absolute Gasteiger partial charge is 0.329 e. The lowest BCUT2D eigenvalue weighted by Crippen LogP contribution is -2.41. The highest BCUT2D eigenvalue weighted by Crippen LogP contribution is 2.16. The zero-order chi connectivity index (χ0) is 10.9. The highest BCUT2D eigenvalue weighted by molar-refractivity contribution is 7.91. The van der Waals surface area contributed by atoms with E-state index in [1.54, 1.807) is 0 Å². The van der Waals surface area contributed by atoms with Gasteiger partial charge in [-0.25, -0.2) is 13.2 Å². The van der Waals surface area contributed by atoms with E-state index in [0.29, 0.717) is 0 Å². The van der Waals surface area contributed by atoms with Crippen molar-refractivity contribution in [2.45, 2.75) is 13.0 Å². The fraction of sp³-hybridized carbons (Fsp3) is 0.714. The predicted molar refractivity (Wildman–Crippen MR) is 47.0 cm³/mol. The Labute approximate surface area is 81.7 Å². The van der Waals surface area contributed by atoms with E-state index >= 15 is 0 Å². The predicted octanol–water partition coefficient (Wildman–Crippen LogP) is -1.24. The first-order chi connectivity index (χ1) is 6.37. The molecule has 1 aliphatic rings. The normalized spacial score (nSPS) is 24.7. The summed E-state index contributed by atoms with van der Waals surface area (Å²) < 4.78 is 26.8. The number of hydrogen-bond donors (Lipinski definition) is 0. The van der Waals surface area contributed by atoms with Gasteiger partial charge in [-0.05, 0) is 0 Å². The molecule has 0 bridgehead atoms. The van der Waals surface area contributed by atoms with Crippen molar-refractivity contribution in [3.05, 3.63) is 0 Å². The van der Waals surface area contributed by atoms with Crippen molar-refractivity contribution < 1.29 is 22.7 Å². The summed E-state index contributed by atoms with van der Waals surface area (Å²) in [4.78, 5) is 23.2. The maximum atomic E-state index is 11.2. The molecule has 1 heterocycles. The first-order valence-corrected chi connectivity index (χ1v) is 5.75. The Balaban J connectivity index is 2.94. The van der Waals surface area contributed by atoms with E-state index in [0.717, 1.165) is 12.0 Å². The lowest BCUT2D eigenvalue weighted by Gasteiger charge is -2.18. The van der Waals surface area contributed by atoms with Crippen LogP contribution in [0.3, 0.4) is 0 Å². The third-order valence-electron chi connectivity index (χ3n) is 2.00. The summed E-state index contributed by atoms with van der Waals surface area (Å²) >= 11 is 0. The average Bonchev–Trinajstić information content (AvgIpc) is 2.40. The summed E-state index contributed by atoms with van der Waals surface area (Å²) in [6.45, 7) is 1.22. The largest absolute Gasteiger partial charge is 0.467 e. The molecular weight excluding hydrogens is 210 g/mol. The van der Waals surface area contributed by atoms with Crippen molar-refractivity contribution >= 4 is 21.7 Å². The van der Waals surface area contributed by atoms with Crippen LogP contribution in [-0.4, -0.2) is 50.0 Å². The van der Waals surface area contributed by atoms with Crippen LogP contribution >= 0.6 is 0 Å². The zero-order valence-electron chi connectivity index (χ0n) is 7.89. The van der Waals surface area contributed by atoms with Crippen molar-refractivity contribution in [2.24, 2.45) is 0 Å². The maximum Gasteiger partial charge on any atom is 0.329 e. The number of amides is 1. The molecule has 1 amide bonds. The molecule has 0 aromatic heterocycles. The molecular formula is C7H11NO5S. The molecule has 0 unspecified atom stereocenters. The molecule has 0 N–H and O–H groups in total. The van der Waals surface area contributed by atoms with Crippen molar-refractivity contribution in [1.29, 1.82) is 0 Å². The van der Waals surface area contributed by atoms with Gasteiger partial charge in [-0.3, -0.25) is 4.79 Å². The SMILES string of the molecule is COC(=O)[C@H]1CS(=O)(=O)CN1C(C)=O. The molecule has 7 heteroatoms. The van der Waals surface area contributed by atoms with Crippen LogP contribution in [-0.2, 0) is 24.2 Å². The van der Waals surface area contributed by atoms with Crippen LogP contribution in [0.25, 0.3) is 0 Å². The number of hydrogen-bond acceptors (Lipinski definition) is 5. The molecule has 80 valence electrons. The fourth-order valence-corrected chi connectivity index (χ4v) is 3.01. The fourth-order valence-electron chi connectivity index (χ4n) is 1.33. The molecule has 1 aliphatic heterocycles. The molecule has 6 nitrogen and oxygen atoms in total. The second-order valence-electron chi connectivity index (χ2n) is 3.07. The van der Waals surface area contributed by atoms with Crippen molar-refractivity contribution in [1.82, 2.24) is 4.90 Å². The lowest BCUT2D eigenvalue weighted by atomic mass is 10.3. The van der Waals surface area contributed by atoms with Gasteiger partial charge < -0.3 is 9.64 Å². The van der Waals surface area contributed by atoms with Gasteiger partial charge in [-0.2, -0.15) is 0 Å². The number of sulfone groups is 1. The van der Waals surface area contributed by atoms with Gasteiger partial charge in [0.15, 0.2) is 9.84 Å². The number of rotatable bonds is 1. The Morgan fingerprint density at radius 1 is 1.43 bits per heavy atom. The number of ether oxygens (including phenoxy) is 1. The van der Waals surface area contributed by atoms with Gasteiger partial charge in [0.1, 0.15) is 11.9 Å². The van der Waals surface area contributed by atoms with Crippen LogP contribution < -0.4 is 0 Å². The summed E-state index contributed by atoms with van der Waals surface area (Å²) in [5, 5.41) is 0. The average molecular weight is 221 g/mol. The molecule has 0 spiro atoms. The molecule has 0 radical (unpaired) electrons. The summed E-state index contributed by atoms with van der Waals surface area (Å²) in [7, 11) is -2.18. The number of carbonyl (C=O) groups is 2. The van der Waals surface area contributed by atoms with Crippen LogP contribution in [0.5, 0.6) is 0 Å². The maximum absolute atomic E-state index is 11.2. The monoisotopic (exact) mass is 221 g/mol. The third kappa shape index (κ3) is 2.03. The Kier molecular flexibility index (Phi) is 2.79. The number of methoxy groups -OCH3 is 1. The Morgan fingerprint density at radius 3 is 2.43 bits per heavy atom. The number of carbonyl (C=O) groups excluding carboxylic acids is 2. The van der Waals surface area contributed by atoms with E-state index in [1.165, 1.54) is 6.92 Å². The first-order valence-electron chi connectivity index (χ1n) is 3.93. The zero-order valence-corrected chi connectivity index (χ0v) is 8.70. The van der Waals surface area contributed by atoms with E-state index in [4.69, 9.17) is 0 Å². The van der Waals surface area contributed by atoms with Gasteiger partial charge in [0, 0.05) is 6.92 Å². The van der Waals surface area contributed by atoms with Crippen molar-refractivity contribution in [3.8, 4) is 0 Å². The highest BCUT2D eigenvalue weighted by atomic mass is 32.2. The van der Waals surface area contributed by atoms with Crippen molar-refractivity contribution in [2.75, 3.05) is 18.7 Å².